The summed E-state index contributed by atoms with van der Waals surface area (Å²) in [5, 5.41) is 3.77. The largest absolute Gasteiger partial charge is 0.313 e. The molecule has 1 atom stereocenters. The third-order valence-corrected chi connectivity index (χ3v) is 5.06. The highest BCUT2D eigenvalue weighted by molar-refractivity contribution is 7.99. The van der Waals surface area contributed by atoms with Crippen molar-refractivity contribution in [2.75, 3.05) is 18.1 Å². The van der Waals surface area contributed by atoms with Crippen LogP contribution in [-0.2, 0) is 0 Å². The number of nitrogens with one attached hydrogen (secondary N) is 1. The number of hydrogen-bond acceptors (Lipinski definition) is 2. The van der Waals surface area contributed by atoms with Crippen LogP contribution in [0.1, 0.15) is 46.0 Å². The summed E-state index contributed by atoms with van der Waals surface area (Å²) >= 11 is 2.12. The van der Waals surface area contributed by atoms with E-state index in [1.165, 1.54) is 50.2 Å². The molecule has 1 N–H and O–H groups in total. The summed E-state index contributed by atoms with van der Waals surface area (Å²) in [6.45, 7) is 6.09. The maximum atomic E-state index is 3.77. The topological polar surface area (TPSA) is 12.0 Å². The quantitative estimate of drug-likeness (QED) is 0.723. The van der Waals surface area contributed by atoms with Crippen LogP contribution in [0.2, 0.25) is 0 Å². The van der Waals surface area contributed by atoms with E-state index in [0.717, 1.165) is 12.0 Å². The van der Waals surface area contributed by atoms with Crippen molar-refractivity contribution in [1.29, 1.82) is 0 Å². The molecule has 15 heavy (non-hydrogen) atoms. The van der Waals surface area contributed by atoms with E-state index in [1.54, 1.807) is 0 Å². The summed E-state index contributed by atoms with van der Waals surface area (Å²) in [6, 6.07) is 0.746. The van der Waals surface area contributed by atoms with Gasteiger partial charge in [-0.1, -0.05) is 26.7 Å². The molecule has 2 fully saturated rings. The fourth-order valence-corrected chi connectivity index (χ4v) is 3.99. The highest BCUT2D eigenvalue weighted by Gasteiger charge is 2.31. The molecule has 2 aliphatic rings. The first-order chi connectivity index (χ1) is 7.18. The molecule has 0 spiro atoms. The van der Waals surface area contributed by atoms with E-state index in [0.29, 0.717) is 5.41 Å². The molecule has 1 aliphatic carbocycles. The van der Waals surface area contributed by atoms with Crippen molar-refractivity contribution < 1.29 is 0 Å². The molecule has 1 heterocycles. The second-order valence-electron chi connectivity index (χ2n) is 5.91. The minimum atomic E-state index is 0.519. The average Bonchev–Trinajstić information content (AvgIpc) is 2.98. The van der Waals surface area contributed by atoms with Crippen molar-refractivity contribution in [3.05, 3.63) is 0 Å². The van der Waals surface area contributed by atoms with Crippen molar-refractivity contribution in [3.63, 3.8) is 0 Å². The van der Waals surface area contributed by atoms with Crippen molar-refractivity contribution in [3.8, 4) is 0 Å². The molecule has 2 rings (SSSR count). The lowest BCUT2D eigenvalue weighted by Gasteiger charge is -2.39. The summed E-state index contributed by atoms with van der Waals surface area (Å²) in [5.74, 6) is 3.77. The molecule has 0 aromatic carbocycles. The van der Waals surface area contributed by atoms with Gasteiger partial charge in [-0.25, -0.2) is 0 Å². The van der Waals surface area contributed by atoms with Crippen LogP contribution >= 0.6 is 11.8 Å². The Labute approximate surface area is 98.8 Å². The summed E-state index contributed by atoms with van der Waals surface area (Å²) in [4.78, 5) is 0. The molecule has 0 bridgehead atoms. The number of hydrogen-bond donors (Lipinski definition) is 1. The lowest BCUT2D eigenvalue weighted by molar-refractivity contribution is 0.245. The van der Waals surface area contributed by atoms with Gasteiger partial charge in [0.2, 0.25) is 0 Å². The van der Waals surface area contributed by atoms with Gasteiger partial charge in [0.05, 0.1) is 0 Å². The summed E-state index contributed by atoms with van der Waals surface area (Å²) in [6.07, 6.45) is 7.24. The fraction of sp³-hybridized carbons (Fsp3) is 1.00. The molecular weight excluding hydrogens is 202 g/mol. The van der Waals surface area contributed by atoms with Crippen LogP contribution in [0.4, 0.5) is 0 Å². The first-order valence-electron chi connectivity index (χ1n) is 6.49. The Bertz CT molecular complexity index is 199. The Morgan fingerprint density at radius 3 is 2.80 bits per heavy atom. The maximum absolute atomic E-state index is 3.77. The van der Waals surface area contributed by atoms with E-state index < -0.39 is 0 Å². The number of rotatable bonds is 5. The van der Waals surface area contributed by atoms with Crippen LogP contribution in [0.5, 0.6) is 0 Å². The summed E-state index contributed by atoms with van der Waals surface area (Å²) in [5.41, 5.74) is 0.519. The second-order valence-corrected chi connectivity index (χ2v) is 7.06. The molecule has 1 saturated heterocycles. The van der Waals surface area contributed by atoms with Gasteiger partial charge in [0.1, 0.15) is 0 Å². The Hall–Kier alpha value is 0.310. The van der Waals surface area contributed by atoms with Gasteiger partial charge in [0.25, 0.3) is 0 Å². The van der Waals surface area contributed by atoms with Gasteiger partial charge in [-0.05, 0) is 42.9 Å². The Kier molecular flexibility index (Phi) is 4.00. The molecule has 88 valence electrons. The first-order valence-corrected chi connectivity index (χ1v) is 7.65. The van der Waals surface area contributed by atoms with Gasteiger partial charge >= 0.3 is 0 Å². The SMILES string of the molecule is CC1(C)CCSCC1NCCCC1CC1. The molecule has 0 aromatic rings. The molecule has 2 heteroatoms. The lowest BCUT2D eigenvalue weighted by Crippen LogP contribution is -2.46. The van der Waals surface area contributed by atoms with Gasteiger partial charge in [-0.3, -0.25) is 0 Å². The van der Waals surface area contributed by atoms with Gasteiger partial charge in [0.15, 0.2) is 0 Å². The van der Waals surface area contributed by atoms with E-state index in [4.69, 9.17) is 0 Å². The Morgan fingerprint density at radius 1 is 1.33 bits per heavy atom. The van der Waals surface area contributed by atoms with Crippen molar-refractivity contribution in [2.45, 2.75) is 52.0 Å². The molecule has 1 saturated carbocycles. The summed E-state index contributed by atoms with van der Waals surface area (Å²) < 4.78 is 0. The van der Waals surface area contributed by atoms with Gasteiger partial charge in [-0.2, -0.15) is 11.8 Å². The molecule has 1 aliphatic heterocycles. The highest BCUT2D eigenvalue weighted by atomic mass is 32.2. The molecule has 1 unspecified atom stereocenters. The van der Waals surface area contributed by atoms with E-state index in [1.807, 2.05) is 0 Å². The van der Waals surface area contributed by atoms with E-state index in [2.05, 4.69) is 30.9 Å². The normalized spacial score (nSPS) is 30.4. The minimum Gasteiger partial charge on any atom is -0.313 e. The predicted molar refractivity (Wildman–Crippen MR) is 69.5 cm³/mol. The van der Waals surface area contributed by atoms with Crippen LogP contribution in [0.15, 0.2) is 0 Å². The smallest absolute Gasteiger partial charge is 0.0209 e. The third kappa shape index (κ3) is 3.67. The van der Waals surface area contributed by atoms with Crippen molar-refractivity contribution in [2.24, 2.45) is 11.3 Å². The zero-order chi connectivity index (χ0) is 10.7. The molecule has 0 amide bonds. The van der Waals surface area contributed by atoms with Gasteiger partial charge in [0, 0.05) is 11.8 Å². The van der Waals surface area contributed by atoms with E-state index in [9.17, 15) is 0 Å². The standard InChI is InChI=1S/C13H25NS/c1-13(2)7-9-15-10-12(13)14-8-3-4-11-5-6-11/h11-12,14H,3-10H2,1-2H3. The molecule has 0 aromatic heterocycles. The monoisotopic (exact) mass is 227 g/mol. The second kappa shape index (κ2) is 5.09. The Balaban J connectivity index is 1.63. The first kappa shape index (κ1) is 11.8. The zero-order valence-electron chi connectivity index (χ0n) is 10.2. The third-order valence-electron chi connectivity index (χ3n) is 4.00. The van der Waals surface area contributed by atoms with Gasteiger partial charge in [-0.15, -0.1) is 0 Å². The molecular formula is C13H25NS. The minimum absolute atomic E-state index is 0.519. The van der Waals surface area contributed by atoms with Crippen LogP contribution in [0, 0.1) is 11.3 Å². The molecule has 1 nitrogen and oxygen atoms in total. The van der Waals surface area contributed by atoms with Crippen molar-refractivity contribution >= 4 is 11.8 Å². The van der Waals surface area contributed by atoms with Crippen LogP contribution < -0.4 is 5.32 Å². The highest BCUT2D eigenvalue weighted by Crippen LogP contribution is 2.35. The predicted octanol–water partition coefficient (Wildman–Crippen LogP) is 3.30. The fourth-order valence-electron chi connectivity index (χ4n) is 2.35. The van der Waals surface area contributed by atoms with Gasteiger partial charge < -0.3 is 5.32 Å². The molecule has 0 radical (unpaired) electrons. The van der Waals surface area contributed by atoms with Crippen molar-refractivity contribution in [1.82, 2.24) is 5.32 Å². The summed E-state index contributed by atoms with van der Waals surface area (Å²) in [7, 11) is 0. The average molecular weight is 227 g/mol. The zero-order valence-corrected chi connectivity index (χ0v) is 11.0. The van der Waals surface area contributed by atoms with Crippen LogP contribution in [0.25, 0.3) is 0 Å². The number of thioether (sulfide) groups is 1. The van der Waals surface area contributed by atoms with E-state index in [-0.39, 0.29) is 0 Å². The van der Waals surface area contributed by atoms with E-state index >= 15 is 0 Å². The maximum Gasteiger partial charge on any atom is 0.0209 e. The lowest BCUT2D eigenvalue weighted by atomic mass is 9.82. The van der Waals surface area contributed by atoms with Crippen LogP contribution in [-0.4, -0.2) is 24.1 Å². The van der Waals surface area contributed by atoms with Crippen LogP contribution in [0.3, 0.4) is 0 Å². The Morgan fingerprint density at radius 2 is 2.13 bits per heavy atom.